The van der Waals surface area contributed by atoms with Gasteiger partial charge >= 0.3 is 0 Å². The van der Waals surface area contributed by atoms with Crippen molar-refractivity contribution in [2.75, 3.05) is 23.8 Å². The van der Waals surface area contributed by atoms with Crippen molar-refractivity contribution in [2.45, 2.75) is 33.2 Å². The predicted molar refractivity (Wildman–Crippen MR) is 128 cm³/mol. The summed E-state index contributed by atoms with van der Waals surface area (Å²) in [5.74, 6) is 1.43. The van der Waals surface area contributed by atoms with Crippen molar-refractivity contribution in [1.82, 2.24) is 20.2 Å². The Balaban J connectivity index is 1.79. The average Bonchev–Trinajstić information content (AvgIpc) is 3.26. The first-order valence-electron chi connectivity index (χ1n) is 10.7. The van der Waals surface area contributed by atoms with Crippen molar-refractivity contribution in [3.05, 3.63) is 63.8 Å². The molecule has 0 saturated carbocycles. The summed E-state index contributed by atoms with van der Waals surface area (Å²) in [6.45, 7) is 6.81. The van der Waals surface area contributed by atoms with Crippen LogP contribution in [0.25, 0.3) is 0 Å². The maximum absolute atomic E-state index is 13.7. The first-order chi connectivity index (χ1) is 16.0. The van der Waals surface area contributed by atoms with E-state index < -0.39 is 6.04 Å². The van der Waals surface area contributed by atoms with Crippen LogP contribution in [0.2, 0.25) is 0 Å². The van der Waals surface area contributed by atoms with E-state index in [0.29, 0.717) is 47.6 Å². The number of rotatable bonds is 8. The van der Waals surface area contributed by atoms with Crippen LogP contribution in [0.3, 0.4) is 0 Å². The fraction of sp³-hybridized carbons (Fsp3) is 0.304. The Morgan fingerprint density at radius 3 is 2.79 bits per heavy atom. The van der Waals surface area contributed by atoms with Gasteiger partial charge in [-0.15, -0.1) is 0 Å². The Kier molecular flexibility index (Phi) is 6.93. The molecule has 0 aliphatic carbocycles. The fourth-order valence-corrected chi connectivity index (χ4v) is 4.09. The number of para-hydroxylation sites is 2. The van der Waals surface area contributed by atoms with Crippen LogP contribution >= 0.6 is 15.9 Å². The number of hydrogen-bond acceptors (Lipinski definition) is 7. The second-order valence-corrected chi connectivity index (χ2v) is 8.34. The summed E-state index contributed by atoms with van der Waals surface area (Å²) in [6, 6.07) is 12.5. The van der Waals surface area contributed by atoms with Crippen LogP contribution in [0.5, 0.6) is 11.5 Å². The van der Waals surface area contributed by atoms with Crippen molar-refractivity contribution >= 4 is 33.5 Å². The molecule has 1 unspecified atom stereocenters. The number of hydrogen-bond donors (Lipinski definition) is 2. The molecule has 9 nitrogen and oxygen atoms in total. The monoisotopic (exact) mass is 512 g/mol. The molecule has 0 radical (unpaired) electrons. The van der Waals surface area contributed by atoms with Gasteiger partial charge in [-0.25, -0.2) is 0 Å². The van der Waals surface area contributed by atoms with Crippen molar-refractivity contribution in [3.63, 3.8) is 0 Å². The van der Waals surface area contributed by atoms with Gasteiger partial charge in [0.25, 0.3) is 5.91 Å². The van der Waals surface area contributed by atoms with Gasteiger partial charge in [0.2, 0.25) is 5.95 Å². The zero-order chi connectivity index (χ0) is 23.4. The lowest BCUT2D eigenvalue weighted by Crippen LogP contribution is -2.32. The number of amides is 1. The van der Waals surface area contributed by atoms with E-state index in [1.54, 1.807) is 10.7 Å². The van der Waals surface area contributed by atoms with Crippen LogP contribution in [0.15, 0.2) is 58.2 Å². The molecule has 2 aromatic carbocycles. The van der Waals surface area contributed by atoms with E-state index in [-0.39, 0.29) is 5.91 Å². The van der Waals surface area contributed by atoms with Gasteiger partial charge in [-0.1, -0.05) is 40.1 Å². The van der Waals surface area contributed by atoms with Gasteiger partial charge in [-0.2, -0.15) is 4.68 Å². The van der Waals surface area contributed by atoms with Gasteiger partial charge in [0.05, 0.1) is 24.5 Å². The molecule has 1 aromatic heterocycles. The smallest absolute Gasteiger partial charge is 0.255 e. The quantitative estimate of drug-likeness (QED) is 0.456. The van der Waals surface area contributed by atoms with E-state index in [4.69, 9.17) is 9.47 Å². The van der Waals surface area contributed by atoms with E-state index in [1.807, 2.05) is 57.2 Å². The molecule has 2 N–H and O–H groups in total. The summed E-state index contributed by atoms with van der Waals surface area (Å²) in [7, 11) is 0. The number of halogens is 1. The second kappa shape index (κ2) is 10.0. The van der Waals surface area contributed by atoms with Crippen LogP contribution < -0.4 is 20.1 Å². The van der Waals surface area contributed by atoms with E-state index in [9.17, 15) is 4.79 Å². The third kappa shape index (κ3) is 4.70. The molecule has 3 aromatic rings. The highest BCUT2D eigenvalue weighted by Crippen LogP contribution is 2.40. The molecule has 0 saturated heterocycles. The van der Waals surface area contributed by atoms with Crippen molar-refractivity contribution in [1.29, 1.82) is 0 Å². The fourth-order valence-electron chi connectivity index (χ4n) is 3.71. The van der Waals surface area contributed by atoms with Crippen LogP contribution in [0, 0.1) is 0 Å². The molecule has 10 heteroatoms. The SMILES string of the molecule is CCCOc1ccc(Br)cc1C1C(C(=O)Nc2ccccc2OCC)=C(C)Nc2nnnn21. The maximum atomic E-state index is 13.7. The number of benzene rings is 2. The predicted octanol–water partition coefficient (Wildman–Crippen LogP) is 4.55. The van der Waals surface area contributed by atoms with Crippen LogP contribution in [0.4, 0.5) is 11.6 Å². The molecule has 4 rings (SSSR count). The van der Waals surface area contributed by atoms with Crippen molar-refractivity contribution in [3.8, 4) is 11.5 Å². The molecular weight excluding hydrogens is 488 g/mol. The largest absolute Gasteiger partial charge is 0.493 e. The third-order valence-electron chi connectivity index (χ3n) is 5.12. The van der Waals surface area contributed by atoms with E-state index in [1.165, 1.54) is 0 Å². The highest BCUT2D eigenvalue weighted by molar-refractivity contribution is 9.10. The molecule has 33 heavy (non-hydrogen) atoms. The Bertz CT molecular complexity index is 1190. The zero-order valence-corrected chi connectivity index (χ0v) is 20.2. The zero-order valence-electron chi connectivity index (χ0n) is 18.6. The van der Waals surface area contributed by atoms with E-state index >= 15 is 0 Å². The van der Waals surface area contributed by atoms with Gasteiger partial charge in [-0.3, -0.25) is 4.79 Å². The summed E-state index contributed by atoms with van der Waals surface area (Å²) in [4.78, 5) is 13.7. The van der Waals surface area contributed by atoms with Gasteiger partial charge in [0.1, 0.15) is 17.5 Å². The van der Waals surface area contributed by atoms with Gasteiger partial charge in [0.15, 0.2) is 0 Å². The number of fused-ring (bicyclic) bond motifs is 1. The Hall–Kier alpha value is -3.40. The minimum absolute atomic E-state index is 0.292. The Labute approximate surface area is 200 Å². The molecule has 0 bridgehead atoms. The molecular formula is C23H25BrN6O3. The molecule has 1 aliphatic rings. The third-order valence-corrected chi connectivity index (χ3v) is 5.62. The number of aromatic nitrogens is 4. The number of nitrogens with zero attached hydrogens (tertiary/aromatic N) is 4. The van der Waals surface area contributed by atoms with Crippen LogP contribution in [-0.4, -0.2) is 39.3 Å². The Morgan fingerprint density at radius 1 is 1.18 bits per heavy atom. The molecule has 1 atom stereocenters. The standard InChI is InChI=1S/C23H25BrN6O3/c1-4-12-33-18-11-10-15(24)13-16(18)21-20(14(3)25-23-27-28-29-30(21)23)22(31)26-17-8-6-7-9-19(17)32-5-2/h6-11,13,21H,4-5,12H2,1-3H3,(H,26,31)(H,25,27,29). The minimum atomic E-state index is -0.597. The molecule has 0 fully saturated rings. The summed E-state index contributed by atoms with van der Waals surface area (Å²) in [6.07, 6.45) is 0.855. The first kappa shape index (κ1) is 22.8. The average molecular weight is 513 g/mol. The first-order valence-corrected chi connectivity index (χ1v) is 11.5. The minimum Gasteiger partial charge on any atom is -0.493 e. The number of ether oxygens (including phenoxy) is 2. The number of carbonyl (C=O) groups is 1. The second-order valence-electron chi connectivity index (χ2n) is 7.43. The molecule has 1 aliphatic heterocycles. The van der Waals surface area contributed by atoms with Gasteiger partial charge < -0.3 is 20.1 Å². The number of tetrazole rings is 1. The van der Waals surface area contributed by atoms with Crippen molar-refractivity contribution < 1.29 is 14.3 Å². The molecule has 2 heterocycles. The summed E-state index contributed by atoms with van der Waals surface area (Å²) >= 11 is 3.55. The van der Waals surface area contributed by atoms with Crippen LogP contribution in [0.1, 0.15) is 38.8 Å². The normalized spacial score (nSPS) is 15.0. The van der Waals surface area contributed by atoms with Crippen molar-refractivity contribution in [2.24, 2.45) is 0 Å². The number of carbonyl (C=O) groups excluding carboxylic acids is 1. The highest BCUT2D eigenvalue weighted by Gasteiger charge is 2.36. The summed E-state index contributed by atoms with van der Waals surface area (Å²) in [5, 5.41) is 18.2. The topological polar surface area (TPSA) is 103 Å². The van der Waals surface area contributed by atoms with E-state index in [0.717, 1.165) is 16.5 Å². The lowest BCUT2D eigenvalue weighted by atomic mass is 9.94. The number of nitrogens with one attached hydrogen (secondary N) is 2. The number of anilines is 2. The van der Waals surface area contributed by atoms with E-state index in [2.05, 4.69) is 42.1 Å². The highest BCUT2D eigenvalue weighted by atomic mass is 79.9. The summed E-state index contributed by atoms with van der Waals surface area (Å²) in [5.41, 5.74) is 2.48. The molecule has 1 amide bonds. The molecule has 0 spiro atoms. The molecule has 172 valence electrons. The lowest BCUT2D eigenvalue weighted by Gasteiger charge is -2.29. The maximum Gasteiger partial charge on any atom is 0.255 e. The lowest BCUT2D eigenvalue weighted by molar-refractivity contribution is -0.113. The van der Waals surface area contributed by atoms with Gasteiger partial charge in [0, 0.05) is 15.7 Å². The van der Waals surface area contributed by atoms with Crippen LogP contribution in [-0.2, 0) is 4.79 Å². The summed E-state index contributed by atoms with van der Waals surface area (Å²) < 4.78 is 14.1. The number of allylic oxidation sites excluding steroid dienone is 1. The Morgan fingerprint density at radius 2 is 2.00 bits per heavy atom. The van der Waals surface area contributed by atoms with Gasteiger partial charge in [-0.05, 0) is 61.0 Å².